The summed E-state index contributed by atoms with van der Waals surface area (Å²) in [4.78, 5) is 13.8. The van der Waals surface area contributed by atoms with Gasteiger partial charge in [0.15, 0.2) is 11.0 Å². The van der Waals surface area contributed by atoms with Crippen molar-refractivity contribution in [1.29, 1.82) is 0 Å². The third kappa shape index (κ3) is 3.01. The number of H-pyrrole nitrogens is 1. The van der Waals surface area contributed by atoms with Crippen molar-refractivity contribution < 1.29 is 13.7 Å². The van der Waals surface area contributed by atoms with Gasteiger partial charge in [0, 0.05) is 24.9 Å². The first-order chi connectivity index (χ1) is 11.5. The van der Waals surface area contributed by atoms with Crippen molar-refractivity contribution in [1.82, 2.24) is 14.9 Å². The van der Waals surface area contributed by atoms with E-state index in [1.807, 2.05) is 37.1 Å². The maximum absolute atomic E-state index is 12.7. The first-order valence-corrected chi connectivity index (χ1v) is 8.78. The summed E-state index contributed by atoms with van der Waals surface area (Å²) < 4.78 is 23.3. The number of hydrogen-bond donors (Lipinski definition) is 1. The first-order valence-electron chi connectivity index (χ1n) is 7.46. The molecule has 1 aliphatic heterocycles. The van der Waals surface area contributed by atoms with Crippen LogP contribution in [0, 0.1) is 0 Å². The van der Waals surface area contributed by atoms with Crippen LogP contribution in [-0.2, 0) is 15.5 Å². The normalized spacial score (nSPS) is 19.0. The minimum Gasteiger partial charge on any atom is -0.497 e. The third-order valence-electron chi connectivity index (χ3n) is 3.92. The average Bonchev–Trinajstić information content (AvgIpc) is 3.01. The minimum atomic E-state index is -1.31. The number of aromatic amines is 1. The van der Waals surface area contributed by atoms with E-state index in [9.17, 15) is 4.21 Å². The second kappa shape index (κ2) is 6.64. The maximum Gasteiger partial charge on any atom is 0.197 e. The van der Waals surface area contributed by atoms with Crippen molar-refractivity contribution in [3.8, 4) is 5.75 Å². The van der Waals surface area contributed by atoms with Crippen molar-refractivity contribution in [2.75, 3.05) is 27.0 Å². The summed E-state index contributed by atoms with van der Waals surface area (Å²) in [6.45, 7) is 1.93. The highest BCUT2D eigenvalue weighted by atomic mass is 32.2. The molecule has 0 spiro atoms. The molecule has 0 amide bonds. The lowest BCUT2D eigenvalue weighted by Gasteiger charge is -2.31. The van der Waals surface area contributed by atoms with Gasteiger partial charge in [0.1, 0.15) is 11.9 Å². The molecule has 2 aromatic rings. The van der Waals surface area contributed by atoms with Gasteiger partial charge < -0.3 is 19.4 Å². The molecular formula is C16H20N4O3S. The molecule has 1 aliphatic rings. The number of nitrogens with zero attached hydrogens (tertiary/aromatic N) is 3. The standard InChI is InChI=1S/C16H20N4O3S/c1-10-8-17-14(20(2)15(10)23-4)9-24(21)16-18-12-6-5-11(22-3)7-13(12)19-16/h5-8,14H,9H2,1-4H3,(H,18,19)/t14?,24-/m0/s1. The van der Waals surface area contributed by atoms with Crippen LogP contribution in [0.25, 0.3) is 11.0 Å². The Bertz CT molecular complexity index is 843. The number of nitrogens with one attached hydrogen (secondary N) is 1. The number of fused-ring (bicyclic) bond motifs is 1. The van der Waals surface area contributed by atoms with E-state index in [4.69, 9.17) is 9.47 Å². The van der Waals surface area contributed by atoms with E-state index in [0.717, 1.165) is 28.2 Å². The lowest BCUT2D eigenvalue weighted by atomic mass is 10.3. The van der Waals surface area contributed by atoms with E-state index in [2.05, 4.69) is 15.0 Å². The summed E-state index contributed by atoms with van der Waals surface area (Å²) in [6, 6.07) is 5.50. The monoisotopic (exact) mass is 348 g/mol. The summed E-state index contributed by atoms with van der Waals surface area (Å²) in [6.07, 6.45) is 1.50. The van der Waals surface area contributed by atoms with Gasteiger partial charge in [-0.2, -0.15) is 0 Å². The summed E-state index contributed by atoms with van der Waals surface area (Å²) >= 11 is 0. The Morgan fingerprint density at radius 3 is 2.83 bits per heavy atom. The zero-order valence-corrected chi connectivity index (χ0v) is 14.9. The quantitative estimate of drug-likeness (QED) is 0.893. The van der Waals surface area contributed by atoms with Gasteiger partial charge in [0.2, 0.25) is 0 Å². The van der Waals surface area contributed by atoms with Gasteiger partial charge in [-0.05, 0) is 19.1 Å². The van der Waals surface area contributed by atoms with E-state index in [1.54, 1.807) is 20.4 Å². The van der Waals surface area contributed by atoms with Gasteiger partial charge in [-0.1, -0.05) is 0 Å². The number of aliphatic imine (C=N–C) groups is 1. The molecule has 8 heteroatoms. The summed E-state index contributed by atoms with van der Waals surface area (Å²) in [5, 5.41) is 0.437. The predicted molar refractivity (Wildman–Crippen MR) is 93.7 cm³/mol. The third-order valence-corrected chi connectivity index (χ3v) is 5.15. The van der Waals surface area contributed by atoms with Gasteiger partial charge in [-0.3, -0.25) is 9.20 Å². The minimum absolute atomic E-state index is 0.257. The van der Waals surface area contributed by atoms with Crippen LogP contribution in [0.4, 0.5) is 0 Å². The second-order valence-corrected chi connectivity index (χ2v) is 6.91. The van der Waals surface area contributed by atoms with Crippen LogP contribution in [0.1, 0.15) is 6.92 Å². The first kappa shape index (κ1) is 16.5. The molecule has 1 unspecified atom stereocenters. The molecule has 7 nitrogen and oxygen atoms in total. The smallest absolute Gasteiger partial charge is 0.197 e. The molecule has 0 fully saturated rings. The number of allylic oxidation sites excluding steroid dienone is 1. The molecule has 128 valence electrons. The Labute approximate surface area is 142 Å². The van der Waals surface area contributed by atoms with E-state index in [-0.39, 0.29) is 6.17 Å². The molecule has 2 heterocycles. The Hall–Kier alpha value is -2.35. The molecule has 0 bridgehead atoms. The molecule has 0 radical (unpaired) electrons. The van der Waals surface area contributed by atoms with Gasteiger partial charge in [-0.25, -0.2) is 4.98 Å². The van der Waals surface area contributed by atoms with Gasteiger partial charge >= 0.3 is 0 Å². The largest absolute Gasteiger partial charge is 0.497 e. The van der Waals surface area contributed by atoms with Crippen LogP contribution in [0.2, 0.25) is 0 Å². The van der Waals surface area contributed by atoms with Crippen LogP contribution in [-0.4, -0.2) is 58.5 Å². The second-order valence-electron chi connectivity index (χ2n) is 5.50. The van der Waals surface area contributed by atoms with Crippen molar-refractivity contribution in [2.45, 2.75) is 18.2 Å². The number of benzene rings is 1. The molecule has 0 aliphatic carbocycles. The van der Waals surface area contributed by atoms with E-state index in [0.29, 0.717) is 10.9 Å². The van der Waals surface area contributed by atoms with Gasteiger partial charge in [-0.15, -0.1) is 0 Å². The molecule has 1 aromatic carbocycles. The highest BCUT2D eigenvalue weighted by molar-refractivity contribution is 7.84. The fourth-order valence-electron chi connectivity index (χ4n) is 2.64. The van der Waals surface area contributed by atoms with Crippen LogP contribution in [0.15, 0.2) is 39.8 Å². The topological polar surface area (TPSA) is 79.8 Å². The van der Waals surface area contributed by atoms with Gasteiger partial charge in [0.05, 0.1) is 41.8 Å². The van der Waals surface area contributed by atoms with Crippen molar-refractivity contribution >= 4 is 28.0 Å². The van der Waals surface area contributed by atoms with Crippen LogP contribution >= 0.6 is 0 Å². The Kier molecular flexibility index (Phi) is 4.57. The number of hydrogen-bond acceptors (Lipinski definition) is 6. The van der Waals surface area contributed by atoms with E-state index < -0.39 is 10.8 Å². The van der Waals surface area contributed by atoms with E-state index in [1.165, 1.54) is 0 Å². The Morgan fingerprint density at radius 2 is 2.12 bits per heavy atom. The highest BCUT2D eigenvalue weighted by Gasteiger charge is 2.25. The summed E-state index contributed by atoms with van der Waals surface area (Å²) in [5.74, 6) is 1.79. The molecule has 24 heavy (non-hydrogen) atoms. The van der Waals surface area contributed by atoms with E-state index >= 15 is 0 Å². The molecule has 1 aromatic heterocycles. The van der Waals surface area contributed by atoms with Crippen molar-refractivity contribution in [3.05, 3.63) is 29.7 Å². The molecule has 1 N–H and O–H groups in total. The number of rotatable bonds is 5. The fourth-order valence-corrected chi connectivity index (χ4v) is 3.80. The van der Waals surface area contributed by atoms with Crippen LogP contribution in [0.3, 0.4) is 0 Å². The van der Waals surface area contributed by atoms with Crippen molar-refractivity contribution in [3.63, 3.8) is 0 Å². The van der Waals surface area contributed by atoms with Crippen LogP contribution < -0.4 is 4.74 Å². The molecule has 0 saturated heterocycles. The molecule has 3 rings (SSSR count). The van der Waals surface area contributed by atoms with Gasteiger partial charge in [0.25, 0.3) is 0 Å². The highest BCUT2D eigenvalue weighted by Crippen LogP contribution is 2.22. The zero-order chi connectivity index (χ0) is 17.3. The number of methoxy groups -OCH3 is 2. The summed E-state index contributed by atoms with van der Waals surface area (Å²) in [7, 11) is 3.79. The summed E-state index contributed by atoms with van der Waals surface area (Å²) in [5.41, 5.74) is 2.50. The number of imidazole rings is 1. The van der Waals surface area contributed by atoms with Crippen LogP contribution in [0.5, 0.6) is 5.75 Å². The SMILES string of the molecule is COC1=C(C)C=NC(C[S@](=O)c2nc3ccc(OC)cc3[nH]2)N1C. The Morgan fingerprint density at radius 1 is 1.33 bits per heavy atom. The lowest BCUT2D eigenvalue weighted by molar-refractivity contribution is 0.144. The lowest BCUT2D eigenvalue weighted by Crippen LogP contribution is -2.37. The molecular weight excluding hydrogens is 328 g/mol. The number of aromatic nitrogens is 2. The van der Waals surface area contributed by atoms with Crippen molar-refractivity contribution in [2.24, 2.45) is 4.99 Å². The predicted octanol–water partition coefficient (Wildman–Crippen LogP) is 1.90. The zero-order valence-electron chi connectivity index (χ0n) is 14.1. The Balaban J connectivity index is 1.79. The fraction of sp³-hybridized carbons (Fsp3) is 0.375. The maximum atomic E-state index is 12.7. The number of ether oxygens (including phenoxy) is 2. The average molecular weight is 348 g/mol. The molecule has 2 atom stereocenters. The molecule has 0 saturated carbocycles.